The van der Waals surface area contributed by atoms with E-state index >= 15 is 0 Å². The predicted molar refractivity (Wildman–Crippen MR) is 111 cm³/mol. The van der Waals surface area contributed by atoms with Gasteiger partial charge in [0, 0.05) is 19.1 Å². The van der Waals surface area contributed by atoms with E-state index in [0.29, 0.717) is 30.8 Å². The molecule has 3 heterocycles. The highest BCUT2D eigenvalue weighted by molar-refractivity contribution is 7.89. The summed E-state index contributed by atoms with van der Waals surface area (Å²) in [4.78, 5) is 12.7. The summed E-state index contributed by atoms with van der Waals surface area (Å²) in [5.41, 5.74) is 0.298. The van der Waals surface area contributed by atoms with Crippen LogP contribution in [0, 0.1) is 12.8 Å². The van der Waals surface area contributed by atoms with Gasteiger partial charge in [-0.2, -0.15) is 4.31 Å². The molecule has 0 aromatic carbocycles. The number of carbonyl (C=O) groups excluding carboxylic acids is 1. The van der Waals surface area contributed by atoms with Gasteiger partial charge in [-0.15, -0.1) is 0 Å². The molecule has 1 N–H and O–H groups in total. The molecule has 2 aliphatic rings. The molecule has 9 heteroatoms. The number of hydrogen-bond acceptors (Lipinski definition) is 6. The summed E-state index contributed by atoms with van der Waals surface area (Å²) in [6, 6.07) is 3.72. The number of rotatable bonds is 6. The summed E-state index contributed by atoms with van der Waals surface area (Å²) >= 11 is 0. The standard InChI is InChI=1S/C21H27N3O5S/c1-15-20(19(29-23-15)11-10-18-9-5-13-28-18)30(26,27)24-12-4-6-16(14-24)21(25)22-17-7-2-3-8-17/h5,9-11,13,16-17H,2-4,6-8,12,14H2,1H3,(H,22,25)/b11-10+. The molecule has 2 aromatic rings. The summed E-state index contributed by atoms with van der Waals surface area (Å²) in [7, 11) is -3.85. The second-order valence-electron chi connectivity index (χ2n) is 8.00. The minimum absolute atomic E-state index is 0.0400. The molecule has 0 spiro atoms. The lowest BCUT2D eigenvalue weighted by molar-refractivity contribution is -0.126. The van der Waals surface area contributed by atoms with E-state index in [1.54, 1.807) is 31.2 Å². The molecular weight excluding hydrogens is 406 g/mol. The lowest BCUT2D eigenvalue weighted by atomic mass is 9.98. The SMILES string of the molecule is Cc1noc(/C=C/c2ccco2)c1S(=O)(=O)N1CCCC(C(=O)NC2CCCC2)C1. The van der Waals surface area contributed by atoms with Gasteiger partial charge in [0.05, 0.1) is 12.2 Å². The van der Waals surface area contributed by atoms with E-state index in [9.17, 15) is 13.2 Å². The third kappa shape index (κ3) is 4.37. The van der Waals surface area contributed by atoms with Crippen LogP contribution in [0.3, 0.4) is 0 Å². The third-order valence-corrected chi connectivity index (χ3v) is 7.85. The van der Waals surface area contributed by atoms with E-state index in [0.717, 1.165) is 25.7 Å². The number of aryl methyl sites for hydroxylation is 1. The molecule has 1 saturated heterocycles. The van der Waals surface area contributed by atoms with Crippen molar-refractivity contribution in [2.45, 2.75) is 56.4 Å². The summed E-state index contributed by atoms with van der Waals surface area (Å²) in [6.07, 6.45) is 10.3. The van der Waals surface area contributed by atoms with E-state index in [-0.39, 0.29) is 35.1 Å². The average molecular weight is 434 g/mol. The first-order valence-electron chi connectivity index (χ1n) is 10.4. The van der Waals surface area contributed by atoms with Crippen LogP contribution in [0.25, 0.3) is 12.2 Å². The van der Waals surface area contributed by atoms with Gasteiger partial charge in [0.15, 0.2) is 10.7 Å². The smallest absolute Gasteiger partial charge is 0.248 e. The zero-order valence-corrected chi connectivity index (χ0v) is 17.9. The van der Waals surface area contributed by atoms with Crippen molar-refractivity contribution in [3.05, 3.63) is 35.6 Å². The summed E-state index contributed by atoms with van der Waals surface area (Å²) in [6.45, 7) is 2.16. The Morgan fingerprint density at radius 3 is 2.77 bits per heavy atom. The zero-order chi connectivity index (χ0) is 21.1. The number of amides is 1. The largest absolute Gasteiger partial charge is 0.465 e. The van der Waals surface area contributed by atoms with Gasteiger partial charge in [-0.25, -0.2) is 8.42 Å². The topological polar surface area (TPSA) is 106 Å². The first kappa shape index (κ1) is 20.9. The number of nitrogens with one attached hydrogen (secondary N) is 1. The number of carbonyl (C=O) groups is 1. The molecule has 1 aliphatic carbocycles. The number of aromatic nitrogens is 1. The highest BCUT2D eigenvalue weighted by atomic mass is 32.2. The molecule has 1 amide bonds. The van der Waals surface area contributed by atoms with Crippen LogP contribution in [0.1, 0.15) is 55.7 Å². The zero-order valence-electron chi connectivity index (χ0n) is 17.0. The van der Waals surface area contributed by atoms with Crippen molar-refractivity contribution < 1.29 is 22.2 Å². The van der Waals surface area contributed by atoms with Gasteiger partial charge in [0.1, 0.15) is 11.5 Å². The normalized spacial score (nSPS) is 21.4. The first-order valence-corrected chi connectivity index (χ1v) is 11.9. The Labute approximate surface area is 176 Å². The van der Waals surface area contributed by atoms with Crippen LogP contribution in [-0.4, -0.2) is 42.9 Å². The molecule has 2 aromatic heterocycles. The first-order chi connectivity index (χ1) is 14.4. The second kappa shape index (κ2) is 8.77. The van der Waals surface area contributed by atoms with E-state index in [1.807, 2.05) is 0 Å². The molecule has 8 nitrogen and oxygen atoms in total. The fraction of sp³-hybridized carbons (Fsp3) is 0.524. The van der Waals surface area contributed by atoms with Crippen molar-refractivity contribution in [2.75, 3.05) is 13.1 Å². The van der Waals surface area contributed by atoms with Crippen LogP contribution in [0.2, 0.25) is 0 Å². The van der Waals surface area contributed by atoms with Crippen molar-refractivity contribution in [1.29, 1.82) is 0 Å². The minimum Gasteiger partial charge on any atom is -0.465 e. The Morgan fingerprint density at radius 2 is 2.03 bits per heavy atom. The second-order valence-corrected chi connectivity index (χ2v) is 9.88. The monoisotopic (exact) mass is 433 g/mol. The Morgan fingerprint density at radius 1 is 1.23 bits per heavy atom. The molecule has 162 valence electrons. The van der Waals surface area contributed by atoms with Crippen molar-refractivity contribution in [3.8, 4) is 0 Å². The van der Waals surface area contributed by atoms with E-state index < -0.39 is 10.0 Å². The van der Waals surface area contributed by atoms with Gasteiger partial charge >= 0.3 is 0 Å². The summed E-state index contributed by atoms with van der Waals surface area (Å²) < 4.78 is 38.7. The Kier molecular flexibility index (Phi) is 6.10. The van der Waals surface area contributed by atoms with Crippen molar-refractivity contribution in [3.63, 3.8) is 0 Å². The minimum atomic E-state index is -3.85. The fourth-order valence-electron chi connectivity index (χ4n) is 4.24. The highest BCUT2D eigenvalue weighted by Gasteiger charge is 2.37. The lowest BCUT2D eigenvalue weighted by Gasteiger charge is -2.31. The van der Waals surface area contributed by atoms with E-state index in [1.165, 1.54) is 10.6 Å². The van der Waals surface area contributed by atoms with Crippen LogP contribution in [0.15, 0.2) is 32.2 Å². The van der Waals surface area contributed by atoms with Crippen LogP contribution < -0.4 is 5.32 Å². The van der Waals surface area contributed by atoms with Crippen LogP contribution in [0.4, 0.5) is 0 Å². The number of sulfonamides is 1. The van der Waals surface area contributed by atoms with Gasteiger partial charge in [-0.1, -0.05) is 18.0 Å². The Hall–Kier alpha value is -2.39. The Balaban J connectivity index is 1.51. The van der Waals surface area contributed by atoms with E-state index in [4.69, 9.17) is 8.94 Å². The maximum atomic E-state index is 13.4. The maximum absolute atomic E-state index is 13.4. The van der Waals surface area contributed by atoms with E-state index in [2.05, 4.69) is 10.5 Å². The van der Waals surface area contributed by atoms with Crippen LogP contribution in [0.5, 0.6) is 0 Å². The van der Waals surface area contributed by atoms with Gasteiger partial charge in [0.25, 0.3) is 0 Å². The van der Waals surface area contributed by atoms with Crippen molar-refractivity contribution in [2.24, 2.45) is 5.92 Å². The molecule has 0 radical (unpaired) electrons. The molecule has 1 aliphatic heterocycles. The fourth-order valence-corrected chi connectivity index (χ4v) is 6.01. The number of hydrogen-bond donors (Lipinski definition) is 1. The quantitative estimate of drug-likeness (QED) is 0.750. The molecule has 2 fully saturated rings. The molecule has 1 atom stereocenters. The summed E-state index contributed by atoms with van der Waals surface area (Å²) in [5.74, 6) is 0.355. The lowest BCUT2D eigenvalue weighted by Crippen LogP contribution is -2.47. The van der Waals surface area contributed by atoms with Gasteiger partial charge in [-0.05, 0) is 56.9 Å². The predicted octanol–water partition coefficient (Wildman–Crippen LogP) is 3.21. The average Bonchev–Trinajstić information content (AvgIpc) is 3.49. The summed E-state index contributed by atoms with van der Waals surface area (Å²) in [5, 5.41) is 6.96. The Bertz CT molecular complexity index is 1000. The maximum Gasteiger partial charge on any atom is 0.248 e. The molecule has 0 bridgehead atoms. The van der Waals surface area contributed by atoms with Gasteiger partial charge in [0.2, 0.25) is 15.9 Å². The van der Waals surface area contributed by atoms with Crippen LogP contribution in [-0.2, 0) is 14.8 Å². The third-order valence-electron chi connectivity index (χ3n) is 5.83. The van der Waals surface area contributed by atoms with Crippen molar-refractivity contribution in [1.82, 2.24) is 14.8 Å². The van der Waals surface area contributed by atoms with Gasteiger partial charge < -0.3 is 14.3 Å². The number of furan rings is 1. The molecule has 4 rings (SSSR count). The van der Waals surface area contributed by atoms with Crippen LogP contribution >= 0.6 is 0 Å². The van der Waals surface area contributed by atoms with Crippen molar-refractivity contribution >= 4 is 28.1 Å². The number of piperidine rings is 1. The highest BCUT2D eigenvalue weighted by Crippen LogP contribution is 2.29. The molecule has 1 unspecified atom stereocenters. The number of nitrogens with zero attached hydrogens (tertiary/aromatic N) is 2. The molecule has 1 saturated carbocycles. The molecule has 30 heavy (non-hydrogen) atoms. The molecular formula is C21H27N3O5S. The van der Waals surface area contributed by atoms with Gasteiger partial charge in [-0.3, -0.25) is 4.79 Å².